The SMILES string of the molecule is COc1ccc([C@@H]2c3sc(=O)n(CC(=O)Nc4ccc(Cl)cc4)c3SC3C(=O)N(c4ccc(Cl)cc4)C(=O)C32)cc1OC. The van der Waals surface area contributed by atoms with Gasteiger partial charge in [-0.15, -0.1) is 0 Å². The Morgan fingerprint density at radius 3 is 2.19 bits per heavy atom. The van der Waals surface area contributed by atoms with Gasteiger partial charge >= 0.3 is 4.87 Å². The fraction of sp³-hybridized carbons (Fsp3) is 0.200. The minimum absolute atomic E-state index is 0.278. The number of ether oxygens (including phenoxy) is 2. The van der Waals surface area contributed by atoms with Gasteiger partial charge in [-0.2, -0.15) is 0 Å². The van der Waals surface area contributed by atoms with Crippen molar-refractivity contribution >= 4 is 75.4 Å². The highest BCUT2D eigenvalue weighted by molar-refractivity contribution is 8.00. The number of hydrogen-bond acceptors (Lipinski definition) is 8. The number of benzene rings is 3. The molecule has 1 fully saturated rings. The molecule has 0 spiro atoms. The highest BCUT2D eigenvalue weighted by atomic mass is 35.5. The second kappa shape index (κ2) is 11.7. The third kappa shape index (κ3) is 5.31. The Hall–Kier alpha value is -3.77. The summed E-state index contributed by atoms with van der Waals surface area (Å²) in [5.74, 6) is -1.75. The number of carbonyl (C=O) groups is 3. The Kier molecular flexibility index (Phi) is 7.99. The lowest BCUT2D eigenvalue weighted by molar-refractivity contribution is -0.122. The number of thioether (sulfide) groups is 1. The lowest BCUT2D eigenvalue weighted by atomic mass is 9.83. The molecule has 3 heterocycles. The average molecular weight is 657 g/mol. The van der Waals surface area contributed by atoms with Crippen molar-refractivity contribution in [3.8, 4) is 11.5 Å². The van der Waals surface area contributed by atoms with E-state index in [9.17, 15) is 19.2 Å². The smallest absolute Gasteiger partial charge is 0.308 e. The number of hydrogen-bond donors (Lipinski definition) is 1. The highest BCUT2D eigenvalue weighted by Crippen LogP contribution is 2.54. The lowest BCUT2D eigenvalue weighted by Gasteiger charge is -2.31. The molecule has 1 aromatic heterocycles. The van der Waals surface area contributed by atoms with E-state index in [-0.39, 0.29) is 17.3 Å². The van der Waals surface area contributed by atoms with Crippen molar-refractivity contribution in [1.82, 2.24) is 4.57 Å². The predicted molar refractivity (Wildman–Crippen MR) is 167 cm³/mol. The maximum Gasteiger partial charge on any atom is 0.308 e. The van der Waals surface area contributed by atoms with Gasteiger partial charge in [0.05, 0.1) is 30.9 Å². The van der Waals surface area contributed by atoms with Crippen LogP contribution in [0.5, 0.6) is 11.5 Å². The number of amides is 3. The number of anilines is 2. The van der Waals surface area contributed by atoms with E-state index in [0.717, 1.165) is 23.1 Å². The zero-order valence-corrected chi connectivity index (χ0v) is 25.9. The minimum Gasteiger partial charge on any atom is -0.493 e. The molecule has 0 radical (unpaired) electrons. The van der Waals surface area contributed by atoms with Crippen LogP contribution in [0.15, 0.2) is 76.6 Å². The molecule has 13 heteroatoms. The number of rotatable bonds is 7. The fourth-order valence-corrected chi connectivity index (χ4v) is 8.41. The van der Waals surface area contributed by atoms with E-state index in [4.69, 9.17) is 32.7 Å². The van der Waals surface area contributed by atoms with Gasteiger partial charge < -0.3 is 14.8 Å². The number of imide groups is 1. The summed E-state index contributed by atoms with van der Waals surface area (Å²) < 4.78 is 12.3. The van der Waals surface area contributed by atoms with Gasteiger partial charge in [-0.3, -0.25) is 23.7 Å². The number of nitrogens with one attached hydrogen (secondary N) is 1. The topological polar surface area (TPSA) is 107 Å². The maximum absolute atomic E-state index is 14.1. The maximum atomic E-state index is 14.1. The van der Waals surface area contributed by atoms with Gasteiger partial charge in [0.15, 0.2) is 11.5 Å². The van der Waals surface area contributed by atoms with E-state index in [1.54, 1.807) is 66.7 Å². The Labute approximate surface area is 264 Å². The van der Waals surface area contributed by atoms with Crippen molar-refractivity contribution in [3.05, 3.63) is 96.9 Å². The summed E-state index contributed by atoms with van der Waals surface area (Å²) in [6.45, 7) is -0.278. The predicted octanol–water partition coefficient (Wildman–Crippen LogP) is 5.67. The van der Waals surface area contributed by atoms with Gasteiger partial charge in [-0.05, 0) is 66.2 Å². The summed E-state index contributed by atoms with van der Waals surface area (Å²) in [5, 5.41) is 3.41. The highest BCUT2D eigenvalue weighted by Gasteiger charge is 2.57. The number of methoxy groups -OCH3 is 2. The molecule has 1 N–H and O–H groups in total. The van der Waals surface area contributed by atoms with Gasteiger partial charge in [0.25, 0.3) is 0 Å². The molecule has 1 saturated heterocycles. The van der Waals surface area contributed by atoms with Crippen molar-refractivity contribution in [1.29, 1.82) is 0 Å². The molecule has 0 saturated carbocycles. The van der Waals surface area contributed by atoms with Crippen LogP contribution >= 0.6 is 46.3 Å². The van der Waals surface area contributed by atoms with Gasteiger partial charge in [-0.25, -0.2) is 4.90 Å². The molecule has 9 nitrogen and oxygen atoms in total. The molecule has 0 bridgehead atoms. The molecule has 6 rings (SSSR count). The minimum atomic E-state index is -0.839. The van der Waals surface area contributed by atoms with Crippen LogP contribution in [0, 0.1) is 5.92 Å². The summed E-state index contributed by atoms with van der Waals surface area (Å²) >= 11 is 14.1. The summed E-state index contributed by atoms with van der Waals surface area (Å²) in [7, 11) is 3.03. The van der Waals surface area contributed by atoms with Gasteiger partial charge in [0, 0.05) is 26.5 Å². The van der Waals surface area contributed by atoms with Crippen molar-refractivity contribution in [2.24, 2.45) is 5.92 Å². The standard InChI is InChI=1S/C30H23Cl2N3O6S2/c1-40-20-12-3-15(13-21(20)41-2)23-24-25(28(38)35(27(24)37)19-10-6-17(32)7-11-19)42-29-26(23)43-30(39)34(29)14-22(36)33-18-8-4-16(31)5-9-18/h3-13,23-25H,14H2,1-2H3,(H,33,36)/t23-,24?,25?/m0/s1. The second-order valence-corrected chi connectivity index (χ2v) is 12.8. The van der Waals surface area contributed by atoms with Crippen LogP contribution in [0.3, 0.4) is 0 Å². The third-order valence-corrected chi connectivity index (χ3v) is 10.4. The zero-order chi connectivity index (χ0) is 30.4. The van der Waals surface area contributed by atoms with Gasteiger partial charge in [-0.1, -0.05) is 52.4 Å². The van der Waals surface area contributed by atoms with Crippen molar-refractivity contribution < 1.29 is 23.9 Å². The summed E-state index contributed by atoms with van der Waals surface area (Å²) in [5.41, 5.74) is 1.61. The van der Waals surface area contributed by atoms with Gasteiger partial charge in [0.2, 0.25) is 17.7 Å². The molecule has 2 aliphatic heterocycles. The van der Waals surface area contributed by atoms with Crippen LogP contribution in [-0.2, 0) is 20.9 Å². The Bertz CT molecular complexity index is 1810. The summed E-state index contributed by atoms with van der Waals surface area (Å²) in [4.78, 5) is 55.8. The van der Waals surface area contributed by atoms with Crippen LogP contribution in [0.2, 0.25) is 10.0 Å². The first-order valence-corrected chi connectivity index (χ1v) is 15.5. The fourth-order valence-electron chi connectivity index (χ4n) is 5.38. The first-order valence-electron chi connectivity index (χ1n) is 13.0. The average Bonchev–Trinajstić information content (AvgIpc) is 3.44. The van der Waals surface area contributed by atoms with E-state index < -0.39 is 28.9 Å². The molecular formula is C30H23Cl2N3O6S2. The molecule has 2 aliphatic rings. The number of fused-ring (bicyclic) bond motifs is 2. The van der Waals surface area contributed by atoms with E-state index in [0.29, 0.717) is 48.4 Å². The van der Waals surface area contributed by atoms with E-state index in [1.165, 1.54) is 23.7 Å². The molecule has 3 aromatic carbocycles. The lowest BCUT2D eigenvalue weighted by Crippen LogP contribution is -2.33. The first-order chi connectivity index (χ1) is 20.7. The Morgan fingerprint density at radius 1 is 0.884 bits per heavy atom. The number of halogens is 2. The second-order valence-electron chi connectivity index (χ2n) is 9.82. The van der Waals surface area contributed by atoms with E-state index in [1.807, 2.05) is 0 Å². The number of nitrogens with zero attached hydrogens (tertiary/aromatic N) is 2. The molecule has 220 valence electrons. The van der Waals surface area contributed by atoms with Crippen molar-refractivity contribution in [3.63, 3.8) is 0 Å². The van der Waals surface area contributed by atoms with Crippen LogP contribution in [-0.4, -0.2) is 41.8 Å². The normalized spacial score (nSPS) is 19.2. The molecule has 2 unspecified atom stereocenters. The van der Waals surface area contributed by atoms with Crippen LogP contribution < -0.4 is 24.6 Å². The van der Waals surface area contributed by atoms with E-state index >= 15 is 0 Å². The van der Waals surface area contributed by atoms with Crippen molar-refractivity contribution in [2.45, 2.75) is 22.7 Å². The number of carbonyl (C=O) groups excluding carboxylic acids is 3. The molecule has 4 aromatic rings. The zero-order valence-electron chi connectivity index (χ0n) is 22.7. The van der Waals surface area contributed by atoms with E-state index in [2.05, 4.69) is 5.32 Å². The number of aromatic nitrogens is 1. The molecular weight excluding hydrogens is 633 g/mol. The largest absolute Gasteiger partial charge is 0.493 e. The summed E-state index contributed by atoms with van der Waals surface area (Å²) in [6.07, 6.45) is 0. The van der Waals surface area contributed by atoms with Gasteiger partial charge in [0.1, 0.15) is 11.8 Å². The Balaban J connectivity index is 1.43. The molecule has 43 heavy (non-hydrogen) atoms. The third-order valence-electron chi connectivity index (χ3n) is 7.33. The number of thiazole rings is 1. The molecule has 3 amide bonds. The van der Waals surface area contributed by atoms with Crippen molar-refractivity contribution in [2.75, 3.05) is 24.4 Å². The molecule has 0 aliphatic carbocycles. The van der Waals surface area contributed by atoms with Crippen LogP contribution in [0.25, 0.3) is 0 Å². The van der Waals surface area contributed by atoms with Crippen LogP contribution in [0.1, 0.15) is 16.4 Å². The first kappa shape index (κ1) is 29.3. The van der Waals surface area contributed by atoms with Crippen LogP contribution in [0.4, 0.5) is 11.4 Å². The monoisotopic (exact) mass is 655 g/mol. The Morgan fingerprint density at radius 2 is 1.53 bits per heavy atom. The quantitative estimate of drug-likeness (QED) is 0.256. The summed E-state index contributed by atoms with van der Waals surface area (Å²) in [6, 6.07) is 18.4. The molecule has 3 atom stereocenters.